The van der Waals surface area contributed by atoms with Crippen molar-refractivity contribution in [1.82, 2.24) is 9.88 Å². The second kappa shape index (κ2) is 7.70. The lowest BCUT2D eigenvalue weighted by Gasteiger charge is -2.24. The topological polar surface area (TPSA) is 45.2 Å². The van der Waals surface area contributed by atoms with E-state index in [4.69, 9.17) is 0 Å². The van der Waals surface area contributed by atoms with Crippen molar-refractivity contribution in [1.29, 1.82) is 0 Å². The number of amides is 1. The second-order valence-corrected chi connectivity index (χ2v) is 6.21. The molecule has 2 aromatic rings. The summed E-state index contributed by atoms with van der Waals surface area (Å²) in [6.45, 7) is 1.60. The van der Waals surface area contributed by atoms with E-state index in [9.17, 15) is 18.0 Å². The van der Waals surface area contributed by atoms with E-state index >= 15 is 0 Å². The first-order chi connectivity index (χ1) is 12.5. The maximum Gasteiger partial charge on any atom is 0.256 e. The Morgan fingerprint density at radius 3 is 2.38 bits per heavy atom. The van der Waals surface area contributed by atoms with E-state index in [0.29, 0.717) is 12.8 Å². The molecule has 1 amide bonds. The first-order valence-corrected chi connectivity index (χ1v) is 8.24. The number of carbonyl (C=O) groups is 1. The number of pyridine rings is 1. The van der Waals surface area contributed by atoms with E-state index in [1.165, 1.54) is 18.2 Å². The fraction of sp³-hybridized carbons (Fsp3) is 0.263. The van der Waals surface area contributed by atoms with Gasteiger partial charge in [-0.1, -0.05) is 23.8 Å². The number of nitrogens with zero attached hydrogens (tertiary/aromatic N) is 2. The lowest BCUT2D eigenvalue weighted by atomic mass is 10.0. The van der Waals surface area contributed by atoms with Crippen LogP contribution in [0.4, 0.5) is 19.0 Å². The third kappa shape index (κ3) is 3.94. The highest BCUT2D eigenvalue weighted by molar-refractivity contribution is 6.03. The Morgan fingerprint density at radius 2 is 1.73 bits per heavy atom. The lowest BCUT2D eigenvalue weighted by molar-refractivity contribution is 0.102. The summed E-state index contributed by atoms with van der Waals surface area (Å²) in [5.41, 5.74) is 0.848. The van der Waals surface area contributed by atoms with Crippen LogP contribution in [0.5, 0.6) is 0 Å². The SMILES string of the molecule is CN1CCC(=Cc2nc(NC(=O)c3ccccc3)c(F)c(F)c2F)CC1. The van der Waals surface area contributed by atoms with Crippen LogP contribution in [0.15, 0.2) is 35.9 Å². The third-order valence-electron chi connectivity index (χ3n) is 4.29. The van der Waals surface area contributed by atoms with Gasteiger partial charge in [-0.2, -0.15) is 4.39 Å². The van der Waals surface area contributed by atoms with Crippen molar-refractivity contribution in [2.45, 2.75) is 12.8 Å². The standard InChI is InChI=1S/C19H18F3N3O/c1-25-9-7-12(8-10-25)11-14-15(20)16(21)17(22)18(23-14)24-19(26)13-5-3-2-4-6-13/h2-6,11H,7-10H2,1H3,(H,23,24,26). The van der Waals surface area contributed by atoms with E-state index in [1.807, 2.05) is 7.05 Å². The zero-order valence-corrected chi connectivity index (χ0v) is 14.2. The number of hydrogen-bond donors (Lipinski definition) is 1. The lowest BCUT2D eigenvalue weighted by Crippen LogP contribution is -2.26. The summed E-state index contributed by atoms with van der Waals surface area (Å²) >= 11 is 0. The monoisotopic (exact) mass is 361 g/mol. The summed E-state index contributed by atoms with van der Waals surface area (Å²) < 4.78 is 42.1. The van der Waals surface area contributed by atoms with E-state index in [2.05, 4.69) is 15.2 Å². The van der Waals surface area contributed by atoms with Gasteiger partial charge in [0.1, 0.15) is 5.69 Å². The molecule has 0 unspecified atom stereocenters. The van der Waals surface area contributed by atoms with E-state index in [1.54, 1.807) is 18.2 Å². The van der Waals surface area contributed by atoms with Crippen LogP contribution >= 0.6 is 0 Å². The molecule has 1 aromatic heterocycles. The number of benzene rings is 1. The molecular formula is C19H18F3N3O. The Balaban J connectivity index is 1.90. The van der Waals surface area contributed by atoms with Crippen LogP contribution in [0.25, 0.3) is 6.08 Å². The van der Waals surface area contributed by atoms with Gasteiger partial charge in [0.15, 0.2) is 11.6 Å². The molecule has 0 saturated carbocycles. The zero-order valence-electron chi connectivity index (χ0n) is 14.2. The minimum atomic E-state index is -1.65. The first-order valence-electron chi connectivity index (χ1n) is 8.24. The summed E-state index contributed by atoms with van der Waals surface area (Å²) in [6.07, 6.45) is 2.83. The molecule has 2 heterocycles. The molecule has 1 aromatic carbocycles. The predicted molar refractivity (Wildman–Crippen MR) is 93.2 cm³/mol. The summed E-state index contributed by atoms with van der Waals surface area (Å²) in [7, 11) is 1.98. The van der Waals surface area contributed by atoms with Crippen molar-refractivity contribution in [3.8, 4) is 0 Å². The third-order valence-corrected chi connectivity index (χ3v) is 4.29. The number of piperidine rings is 1. The van der Waals surface area contributed by atoms with Gasteiger partial charge in [0, 0.05) is 18.7 Å². The maximum atomic E-state index is 14.1. The van der Waals surface area contributed by atoms with Crippen LogP contribution in [-0.2, 0) is 0 Å². The molecule has 4 nitrogen and oxygen atoms in total. The summed E-state index contributed by atoms with van der Waals surface area (Å²) in [4.78, 5) is 18.1. The Labute approximate surface area is 149 Å². The van der Waals surface area contributed by atoms with Crippen molar-refractivity contribution in [2.75, 3.05) is 25.5 Å². The highest BCUT2D eigenvalue weighted by Crippen LogP contribution is 2.25. The number of hydrogen-bond acceptors (Lipinski definition) is 3. The van der Waals surface area contributed by atoms with Crippen molar-refractivity contribution < 1.29 is 18.0 Å². The Morgan fingerprint density at radius 1 is 1.08 bits per heavy atom. The van der Waals surface area contributed by atoms with Gasteiger partial charge in [-0.05, 0) is 38.1 Å². The van der Waals surface area contributed by atoms with Gasteiger partial charge in [-0.3, -0.25) is 4.79 Å². The van der Waals surface area contributed by atoms with Crippen LogP contribution < -0.4 is 5.32 Å². The van der Waals surface area contributed by atoms with Gasteiger partial charge in [0.25, 0.3) is 5.91 Å². The van der Waals surface area contributed by atoms with Gasteiger partial charge in [-0.25, -0.2) is 13.8 Å². The smallest absolute Gasteiger partial charge is 0.256 e. The van der Waals surface area contributed by atoms with Gasteiger partial charge in [0.05, 0.1) is 0 Å². The highest BCUT2D eigenvalue weighted by atomic mass is 19.2. The van der Waals surface area contributed by atoms with Crippen molar-refractivity contribution in [3.63, 3.8) is 0 Å². The highest BCUT2D eigenvalue weighted by Gasteiger charge is 2.22. The number of aromatic nitrogens is 1. The van der Waals surface area contributed by atoms with Crippen LogP contribution in [0.1, 0.15) is 28.9 Å². The molecule has 0 aliphatic carbocycles. The molecule has 0 radical (unpaired) electrons. The Kier molecular flexibility index (Phi) is 5.37. The molecule has 1 aliphatic heterocycles. The molecule has 136 valence electrons. The molecule has 3 rings (SSSR count). The number of rotatable bonds is 3. The van der Waals surface area contributed by atoms with Crippen LogP contribution in [0.3, 0.4) is 0 Å². The van der Waals surface area contributed by atoms with Crippen molar-refractivity contribution in [3.05, 3.63) is 64.6 Å². The van der Waals surface area contributed by atoms with Crippen LogP contribution in [0.2, 0.25) is 0 Å². The summed E-state index contributed by atoms with van der Waals surface area (Å²) in [5, 5.41) is 2.21. The molecule has 1 saturated heterocycles. The molecule has 1 fully saturated rings. The number of halogens is 3. The fourth-order valence-electron chi connectivity index (χ4n) is 2.72. The average molecular weight is 361 g/mol. The molecule has 0 bridgehead atoms. The number of likely N-dealkylation sites (tertiary alicyclic amines) is 1. The number of anilines is 1. The Bertz CT molecular complexity index is 843. The fourth-order valence-corrected chi connectivity index (χ4v) is 2.72. The van der Waals surface area contributed by atoms with Gasteiger partial charge in [-0.15, -0.1) is 0 Å². The second-order valence-electron chi connectivity index (χ2n) is 6.21. The molecule has 1 aliphatic rings. The van der Waals surface area contributed by atoms with Gasteiger partial charge < -0.3 is 10.2 Å². The minimum absolute atomic E-state index is 0.258. The van der Waals surface area contributed by atoms with E-state index < -0.39 is 29.2 Å². The van der Waals surface area contributed by atoms with E-state index in [-0.39, 0.29) is 11.3 Å². The molecule has 0 atom stereocenters. The molecule has 7 heteroatoms. The first kappa shape index (κ1) is 18.1. The molecular weight excluding hydrogens is 343 g/mol. The predicted octanol–water partition coefficient (Wildman–Crippen LogP) is 3.86. The van der Waals surface area contributed by atoms with Gasteiger partial charge in [0.2, 0.25) is 11.6 Å². The van der Waals surface area contributed by atoms with Crippen molar-refractivity contribution >= 4 is 17.8 Å². The molecule has 26 heavy (non-hydrogen) atoms. The summed E-state index contributed by atoms with van der Waals surface area (Å²) in [6, 6.07) is 8.04. The zero-order chi connectivity index (χ0) is 18.7. The molecule has 1 N–H and O–H groups in total. The quantitative estimate of drug-likeness (QED) is 0.903. The molecule has 0 spiro atoms. The normalized spacial score (nSPS) is 15.0. The number of carbonyl (C=O) groups excluding carboxylic acids is 1. The van der Waals surface area contributed by atoms with Crippen LogP contribution in [0, 0.1) is 17.5 Å². The van der Waals surface area contributed by atoms with Gasteiger partial charge >= 0.3 is 0 Å². The maximum absolute atomic E-state index is 14.1. The largest absolute Gasteiger partial charge is 0.306 e. The average Bonchev–Trinajstić information content (AvgIpc) is 2.66. The van der Waals surface area contributed by atoms with Crippen LogP contribution in [-0.4, -0.2) is 35.9 Å². The summed E-state index contributed by atoms with van der Waals surface area (Å²) in [5.74, 6) is -5.80. The Hall–Kier alpha value is -2.67. The number of nitrogens with one attached hydrogen (secondary N) is 1. The van der Waals surface area contributed by atoms with E-state index in [0.717, 1.165) is 18.7 Å². The van der Waals surface area contributed by atoms with Crippen molar-refractivity contribution in [2.24, 2.45) is 0 Å². The minimum Gasteiger partial charge on any atom is -0.306 e.